The fourth-order valence-electron chi connectivity index (χ4n) is 2.18. The van der Waals surface area contributed by atoms with Crippen LogP contribution in [0.15, 0.2) is 72.8 Å². The Morgan fingerprint density at radius 2 is 1.24 bits per heavy atom. The maximum Gasteiger partial charge on any atom is 0.117 e. The number of nitrogens with one attached hydrogen (secondary N) is 1. The van der Waals surface area contributed by atoms with Gasteiger partial charge in [-0.15, -0.1) is 0 Å². The summed E-state index contributed by atoms with van der Waals surface area (Å²) < 4.78 is 0. The average molecular weight is 277 g/mol. The van der Waals surface area contributed by atoms with Gasteiger partial charge in [-0.25, -0.2) is 0 Å². The number of phenolic OH excluding ortho intramolecular Hbond substituents is 2. The van der Waals surface area contributed by atoms with Crippen molar-refractivity contribution in [3.8, 4) is 22.6 Å². The molecule has 0 heterocycles. The van der Waals surface area contributed by atoms with Crippen LogP contribution >= 0.6 is 0 Å². The zero-order valence-electron chi connectivity index (χ0n) is 11.3. The van der Waals surface area contributed by atoms with Crippen LogP contribution in [-0.2, 0) is 0 Å². The molecule has 3 nitrogen and oxygen atoms in total. The molecule has 0 atom stereocenters. The van der Waals surface area contributed by atoms with Crippen molar-refractivity contribution in [2.75, 3.05) is 5.32 Å². The first kappa shape index (κ1) is 13.1. The Bertz CT molecular complexity index is 751. The lowest BCUT2D eigenvalue weighted by Gasteiger charge is -2.09. The highest BCUT2D eigenvalue weighted by atomic mass is 16.3. The van der Waals surface area contributed by atoms with E-state index in [0.717, 1.165) is 22.5 Å². The number of phenols is 2. The van der Waals surface area contributed by atoms with E-state index in [1.165, 1.54) is 0 Å². The number of hydrogen-bond donors (Lipinski definition) is 3. The van der Waals surface area contributed by atoms with Crippen LogP contribution in [0.1, 0.15) is 0 Å². The Kier molecular flexibility index (Phi) is 3.48. The van der Waals surface area contributed by atoms with E-state index in [0.29, 0.717) is 0 Å². The lowest BCUT2D eigenvalue weighted by atomic mass is 10.0. The van der Waals surface area contributed by atoms with Crippen molar-refractivity contribution >= 4 is 11.4 Å². The molecule has 3 aromatic carbocycles. The van der Waals surface area contributed by atoms with Gasteiger partial charge in [0.25, 0.3) is 0 Å². The highest BCUT2D eigenvalue weighted by Gasteiger charge is 2.01. The van der Waals surface area contributed by atoms with E-state index in [2.05, 4.69) is 5.32 Å². The zero-order valence-corrected chi connectivity index (χ0v) is 11.3. The van der Waals surface area contributed by atoms with Crippen LogP contribution in [0, 0.1) is 0 Å². The molecule has 0 saturated heterocycles. The molecule has 3 rings (SSSR count). The van der Waals surface area contributed by atoms with Crippen LogP contribution < -0.4 is 5.32 Å². The third-order valence-corrected chi connectivity index (χ3v) is 3.20. The maximum absolute atomic E-state index is 9.49. The quantitative estimate of drug-likeness (QED) is 0.660. The number of benzene rings is 3. The molecule has 0 aliphatic carbocycles. The molecule has 104 valence electrons. The Morgan fingerprint density at radius 3 is 1.95 bits per heavy atom. The molecule has 0 aromatic heterocycles. The number of aromatic hydroxyl groups is 2. The van der Waals surface area contributed by atoms with E-state index in [-0.39, 0.29) is 11.5 Å². The summed E-state index contributed by atoms with van der Waals surface area (Å²) in [5.41, 5.74) is 3.86. The minimum Gasteiger partial charge on any atom is -0.508 e. The van der Waals surface area contributed by atoms with E-state index in [1.807, 2.05) is 42.5 Å². The second-order valence-corrected chi connectivity index (χ2v) is 4.80. The van der Waals surface area contributed by atoms with Gasteiger partial charge >= 0.3 is 0 Å². The summed E-state index contributed by atoms with van der Waals surface area (Å²) in [4.78, 5) is 0. The smallest absolute Gasteiger partial charge is 0.117 e. The predicted octanol–water partition coefficient (Wildman–Crippen LogP) is 4.51. The van der Waals surface area contributed by atoms with Gasteiger partial charge in [-0.2, -0.15) is 0 Å². The minimum absolute atomic E-state index is 0.231. The second-order valence-electron chi connectivity index (χ2n) is 4.80. The normalized spacial score (nSPS) is 10.3. The highest BCUT2D eigenvalue weighted by molar-refractivity contribution is 5.71. The molecule has 3 aromatic rings. The van der Waals surface area contributed by atoms with E-state index in [1.54, 1.807) is 30.3 Å². The minimum atomic E-state index is 0.231. The first-order valence-corrected chi connectivity index (χ1v) is 6.66. The third kappa shape index (κ3) is 3.15. The second kappa shape index (κ2) is 5.59. The SMILES string of the molecule is Oc1ccc(-c2cccc(Nc3cccc(O)c3)c2)cc1. The van der Waals surface area contributed by atoms with Crippen LogP contribution in [0.5, 0.6) is 11.5 Å². The molecule has 0 saturated carbocycles. The third-order valence-electron chi connectivity index (χ3n) is 3.20. The molecule has 21 heavy (non-hydrogen) atoms. The Morgan fingerprint density at radius 1 is 0.571 bits per heavy atom. The van der Waals surface area contributed by atoms with Crippen molar-refractivity contribution in [2.45, 2.75) is 0 Å². The van der Waals surface area contributed by atoms with Gasteiger partial charge in [0.05, 0.1) is 0 Å². The van der Waals surface area contributed by atoms with Crippen LogP contribution in [0.3, 0.4) is 0 Å². The molecular formula is C18H15NO2. The summed E-state index contributed by atoms with van der Waals surface area (Å²) in [6.45, 7) is 0. The van der Waals surface area contributed by atoms with Gasteiger partial charge in [0.15, 0.2) is 0 Å². The molecule has 0 radical (unpaired) electrons. The predicted molar refractivity (Wildman–Crippen MR) is 84.9 cm³/mol. The molecular weight excluding hydrogens is 262 g/mol. The van der Waals surface area contributed by atoms with Crippen LogP contribution in [0.25, 0.3) is 11.1 Å². The molecule has 0 aliphatic heterocycles. The Hall–Kier alpha value is -2.94. The van der Waals surface area contributed by atoms with Crippen molar-refractivity contribution in [3.63, 3.8) is 0 Å². The molecule has 3 heteroatoms. The van der Waals surface area contributed by atoms with Gasteiger partial charge in [0, 0.05) is 17.4 Å². The summed E-state index contributed by atoms with van der Waals surface area (Å²) in [5, 5.41) is 22.1. The molecule has 0 spiro atoms. The van der Waals surface area contributed by atoms with Gasteiger partial charge in [0.2, 0.25) is 0 Å². The lowest BCUT2D eigenvalue weighted by molar-refractivity contribution is 0.475. The number of rotatable bonds is 3. The molecule has 0 fully saturated rings. The highest BCUT2D eigenvalue weighted by Crippen LogP contribution is 2.26. The van der Waals surface area contributed by atoms with Gasteiger partial charge in [0.1, 0.15) is 11.5 Å². The van der Waals surface area contributed by atoms with E-state index >= 15 is 0 Å². The monoisotopic (exact) mass is 277 g/mol. The van der Waals surface area contributed by atoms with Gasteiger partial charge in [-0.1, -0.05) is 30.3 Å². The number of anilines is 2. The summed E-state index contributed by atoms with van der Waals surface area (Å²) in [6, 6.07) is 22.1. The van der Waals surface area contributed by atoms with E-state index < -0.39 is 0 Å². The van der Waals surface area contributed by atoms with E-state index in [4.69, 9.17) is 0 Å². The van der Waals surface area contributed by atoms with Gasteiger partial charge < -0.3 is 15.5 Å². The summed E-state index contributed by atoms with van der Waals surface area (Å²) in [7, 11) is 0. The standard InChI is InChI=1S/C18H15NO2/c20-17-9-7-13(8-10-17)14-3-1-4-15(11-14)19-16-5-2-6-18(21)12-16/h1-12,19-21H. The van der Waals surface area contributed by atoms with Gasteiger partial charge in [-0.05, 0) is 47.5 Å². The topological polar surface area (TPSA) is 52.5 Å². The molecule has 0 unspecified atom stereocenters. The first-order valence-electron chi connectivity index (χ1n) is 6.66. The van der Waals surface area contributed by atoms with Crippen molar-refractivity contribution < 1.29 is 10.2 Å². The molecule has 3 N–H and O–H groups in total. The van der Waals surface area contributed by atoms with Gasteiger partial charge in [-0.3, -0.25) is 0 Å². The number of hydrogen-bond acceptors (Lipinski definition) is 3. The van der Waals surface area contributed by atoms with E-state index in [9.17, 15) is 10.2 Å². The zero-order chi connectivity index (χ0) is 14.7. The maximum atomic E-state index is 9.49. The summed E-state index contributed by atoms with van der Waals surface area (Å²) in [6.07, 6.45) is 0. The summed E-state index contributed by atoms with van der Waals surface area (Å²) >= 11 is 0. The van der Waals surface area contributed by atoms with Crippen LogP contribution in [0.4, 0.5) is 11.4 Å². The van der Waals surface area contributed by atoms with Crippen molar-refractivity contribution in [2.24, 2.45) is 0 Å². The fourth-order valence-corrected chi connectivity index (χ4v) is 2.18. The lowest BCUT2D eigenvalue weighted by Crippen LogP contribution is -1.90. The van der Waals surface area contributed by atoms with Crippen LogP contribution in [0.2, 0.25) is 0 Å². The largest absolute Gasteiger partial charge is 0.508 e. The first-order chi connectivity index (χ1) is 10.2. The Labute approximate surface area is 123 Å². The fraction of sp³-hybridized carbons (Fsp3) is 0. The van der Waals surface area contributed by atoms with Crippen LogP contribution in [-0.4, -0.2) is 10.2 Å². The average Bonchev–Trinajstić information content (AvgIpc) is 2.48. The Balaban J connectivity index is 1.88. The molecule has 0 amide bonds. The van der Waals surface area contributed by atoms with Crippen molar-refractivity contribution in [1.29, 1.82) is 0 Å². The molecule has 0 bridgehead atoms. The molecule has 0 aliphatic rings. The van der Waals surface area contributed by atoms with Crippen molar-refractivity contribution in [3.05, 3.63) is 72.8 Å². The van der Waals surface area contributed by atoms with Crippen molar-refractivity contribution in [1.82, 2.24) is 0 Å². The summed E-state index contributed by atoms with van der Waals surface area (Å²) in [5.74, 6) is 0.488.